The highest BCUT2D eigenvalue weighted by Gasteiger charge is 2.09. The monoisotopic (exact) mass is 274 g/mol. The van der Waals surface area contributed by atoms with Crippen LogP contribution in [0.5, 0.6) is 0 Å². The number of carbonyl (C=O) groups is 1. The van der Waals surface area contributed by atoms with Crippen LogP contribution in [0.1, 0.15) is 44.6 Å². The SMILES string of the molecule is CCCCCCN(CCC(=O)O)c1cccc(C#N)c1. The molecule has 4 nitrogen and oxygen atoms in total. The molecule has 0 unspecified atom stereocenters. The summed E-state index contributed by atoms with van der Waals surface area (Å²) in [4.78, 5) is 12.8. The lowest BCUT2D eigenvalue weighted by atomic mass is 10.1. The second-order valence-corrected chi connectivity index (χ2v) is 4.85. The molecule has 0 amide bonds. The fraction of sp³-hybridized carbons (Fsp3) is 0.500. The van der Waals surface area contributed by atoms with Gasteiger partial charge in [-0.25, -0.2) is 0 Å². The van der Waals surface area contributed by atoms with E-state index in [1.54, 1.807) is 6.07 Å². The molecule has 0 atom stereocenters. The van der Waals surface area contributed by atoms with Crippen molar-refractivity contribution in [3.05, 3.63) is 29.8 Å². The number of carboxylic acids is 1. The van der Waals surface area contributed by atoms with Crippen LogP contribution in [0.3, 0.4) is 0 Å². The first kappa shape index (κ1) is 16.0. The van der Waals surface area contributed by atoms with E-state index in [1.165, 1.54) is 12.8 Å². The Morgan fingerprint density at radius 3 is 2.75 bits per heavy atom. The zero-order chi connectivity index (χ0) is 14.8. The van der Waals surface area contributed by atoms with Gasteiger partial charge in [0.25, 0.3) is 0 Å². The molecule has 0 aliphatic heterocycles. The average molecular weight is 274 g/mol. The van der Waals surface area contributed by atoms with E-state index in [2.05, 4.69) is 17.9 Å². The summed E-state index contributed by atoms with van der Waals surface area (Å²) in [5.41, 5.74) is 1.54. The molecule has 20 heavy (non-hydrogen) atoms. The Kier molecular flexibility index (Phi) is 7.20. The number of unbranched alkanes of at least 4 members (excludes halogenated alkanes) is 3. The quantitative estimate of drug-likeness (QED) is 0.701. The summed E-state index contributed by atoms with van der Waals surface area (Å²) < 4.78 is 0. The first-order valence-corrected chi connectivity index (χ1v) is 7.14. The highest BCUT2D eigenvalue weighted by molar-refractivity contribution is 5.67. The van der Waals surface area contributed by atoms with E-state index in [-0.39, 0.29) is 6.42 Å². The molecule has 0 spiro atoms. The number of hydrogen-bond acceptors (Lipinski definition) is 3. The first-order valence-electron chi connectivity index (χ1n) is 7.14. The summed E-state index contributed by atoms with van der Waals surface area (Å²) >= 11 is 0. The lowest BCUT2D eigenvalue weighted by Gasteiger charge is -2.24. The molecule has 0 aromatic heterocycles. The van der Waals surface area contributed by atoms with Gasteiger partial charge in [0.15, 0.2) is 0 Å². The van der Waals surface area contributed by atoms with Gasteiger partial charge in [-0.1, -0.05) is 32.3 Å². The van der Waals surface area contributed by atoms with Crippen molar-refractivity contribution in [2.24, 2.45) is 0 Å². The number of anilines is 1. The minimum Gasteiger partial charge on any atom is -0.481 e. The standard InChI is InChI=1S/C16H22N2O2/c1-2-3-4-5-10-18(11-9-16(19)20)15-8-6-7-14(12-15)13-17/h6-8,12H,2-5,9-11H2,1H3,(H,19,20). The van der Waals surface area contributed by atoms with Gasteiger partial charge in [0.05, 0.1) is 18.1 Å². The van der Waals surface area contributed by atoms with E-state index >= 15 is 0 Å². The Hall–Kier alpha value is -2.02. The van der Waals surface area contributed by atoms with Crippen LogP contribution in [-0.2, 0) is 4.79 Å². The van der Waals surface area contributed by atoms with E-state index in [1.807, 2.05) is 18.2 Å². The summed E-state index contributed by atoms with van der Waals surface area (Å²) in [5.74, 6) is -0.792. The molecular weight excluding hydrogens is 252 g/mol. The molecule has 4 heteroatoms. The number of benzene rings is 1. The van der Waals surface area contributed by atoms with E-state index in [0.717, 1.165) is 25.1 Å². The smallest absolute Gasteiger partial charge is 0.305 e. The number of nitrogens with zero attached hydrogens (tertiary/aromatic N) is 2. The third-order valence-electron chi connectivity index (χ3n) is 3.22. The highest BCUT2D eigenvalue weighted by Crippen LogP contribution is 2.17. The van der Waals surface area contributed by atoms with E-state index in [9.17, 15) is 4.79 Å². The topological polar surface area (TPSA) is 64.3 Å². The molecule has 0 radical (unpaired) electrons. The minimum atomic E-state index is -0.792. The summed E-state index contributed by atoms with van der Waals surface area (Å²) in [6.45, 7) is 3.48. The molecule has 0 aliphatic rings. The van der Waals surface area contributed by atoms with Crippen molar-refractivity contribution in [1.82, 2.24) is 0 Å². The fourth-order valence-electron chi connectivity index (χ4n) is 2.10. The maximum Gasteiger partial charge on any atom is 0.305 e. The Bertz CT molecular complexity index is 466. The van der Waals surface area contributed by atoms with Crippen LogP contribution in [0, 0.1) is 11.3 Å². The molecule has 1 aromatic rings. The predicted molar refractivity (Wildman–Crippen MR) is 79.8 cm³/mol. The van der Waals surface area contributed by atoms with Gasteiger partial charge in [-0.3, -0.25) is 4.79 Å². The van der Waals surface area contributed by atoms with Gasteiger partial charge in [-0.15, -0.1) is 0 Å². The Balaban J connectivity index is 2.69. The third kappa shape index (κ3) is 5.75. The third-order valence-corrected chi connectivity index (χ3v) is 3.22. The second-order valence-electron chi connectivity index (χ2n) is 4.85. The first-order chi connectivity index (χ1) is 9.67. The van der Waals surface area contributed by atoms with Gasteiger partial charge >= 0.3 is 5.97 Å². The van der Waals surface area contributed by atoms with Crippen molar-refractivity contribution >= 4 is 11.7 Å². The predicted octanol–water partition coefficient (Wildman–Crippen LogP) is 3.42. The molecule has 0 fully saturated rings. The maximum absolute atomic E-state index is 10.8. The van der Waals surface area contributed by atoms with Crippen LogP contribution in [0.25, 0.3) is 0 Å². The van der Waals surface area contributed by atoms with Crippen molar-refractivity contribution in [3.63, 3.8) is 0 Å². The summed E-state index contributed by atoms with van der Waals surface area (Å²) in [7, 11) is 0. The van der Waals surface area contributed by atoms with Crippen LogP contribution in [0.15, 0.2) is 24.3 Å². The number of nitriles is 1. The van der Waals surface area contributed by atoms with Gasteiger partial charge in [0.1, 0.15) is 0 Å². The van der Waals surface area contributed by atoms with Crippen molar-refractivity contribution in [1.29, 1.82) is 5.26 Å². The van der Waals surface area contributed by atoms with Crippen molar-refractivity contribution in [2.75, 3.05) is 18.0 Å². The average Bonchev–Trinajstić information content (AvgIpc) is 2.46. The van der Waals surface area contributed by atoms with Crippen molar-refractivity contribution in [2.45, 2.75) is 39.0 Å². The molecule has 0 saturated heterocycles. The van der Waals surface area contributed by atoms with Gasteiger partial charge in [-0.2, -0.15) is 5.26 Å². The molecule has 0 bridgehead atoms. The maximum atomic E-state index is 10.8. The van der Waals surface area contributed by atoms with Crippen LogP contribution >= 0.6 is 0 Å². The molecule has 0 heterocycles. The van der Waals surface area contributed by atoms with Crippen LogP contribution in [0.4, 0.5) is 5.69 Å². The number of rotatable bonds is 9. The lowest BCUT2D eigenvalue weighted by molar-refractivity contribution is -0.136. The minimum absolute atomic E-state index is 0.116. The van der Waals surface area contributed by atoms with Gasteiger partial charge < -0.3 is 10.0 Å². The van der Waals surface area contributed by atoms with E-state index in [4.69, 9.17) is 10.4 Å². The molecule has 1 N–H and O–H groups in total. The summed E-state index contributed by atoms with van der Waals surface area (Å²) in [6.07, 6.45) is 4.69. The highest BCUT2D eigenvalue weighted by atomic mass is 16.4. The number of carboxylic acid groups (broad SMARTS) is 1. The van der Waals surface area contributed by atoms with Crippen LogP contribution < -0.4 is 4.90 Å². The van der Waals surface area contributed by atoms with Gasteiger partial charge in [0, 0.05) is 18.8 Å². The molecule has 1 rings (SSSR count). The lowest BCUT2D eigenvalue weighted by Crippen LogP contribution is -2.27. The Morgan fingerprint density at radius 1 is 1.30 bits per heavy atom. The van der Waals surface area contributed by atoms with E-state index in [0.29, 0.717) is 12.1 Å². The summed E-state index contributed by atoms with van der Waals surface area (Å²) in [6, 6.07) is 9.48. The largest absolute Gasteiger partial charge is 0.481 e. The summed E-state index contributed by atoms with van der Waals surface area (Å²) in [5, 5.41) is 17.8. The van der Waals surface area contributed by atoms with Crippen molar-refractivity contribution in [3.8, 4) is 6.07 Å². The number of hydrogen-bond donors (Lipinski definition) is 1. The molecule has 0 saturated carbocycles. The fourth-order valence-corrected chi connectivity index (χ4v) is 2.10. The number of aliphatic carboxylic acids is 1. The molecule has 108 valence electrons. The van der Waals surface area contributed by atoms with Crippen molar-refractivity contribution < 1.29 is 9.90 Å². The second kappa shape index (κ2) is 8.98. The normalized spacial score (nSPS) is 10.0. The Labute approximate surface area is 120 Å². The Morgan fingerprint density at radius 2 is 2.10 bits per heavy atom. The molecular formula is C16H22N2O2. The van der Waals surface area contributed by atoms with Crippen LogP contribution in [0.2, 0.25) is 0 Å². The molecule has 0 aliphatic carbocycles. The zero-order valence-corrected chi connectivity index (χ0v) is 12.0. The zero-order valence-electron chi connectivity index (χ0n) is 12.0. The van der Waals surface area contributed by atoms with Gasteiger partial charge in [-0.05, 0) is 24.6 Å². The van der Waals surface area contributed by atoms with E-state index < -0.39 is 5.97 Å². The van der Waals surface area contributed by atoms with Gasteiger partial charge in [0.2, 0.25) is 0 Å². The molecule has 1 aromatic carbocycles. The van der Waals surface area contributed by atoms with Crippen LogP contribution in [-0.4, -0.2) is 24.2 Å².